The van der Waals surface area contributed by atoms with Crippen molar-refractivity contribution >= 4 is 11.6 Å². The second kappa shape index (κ2) is 6.87. The molecule has 1 amide bonds. The molecule has 134 valence electrons. The number of carbonyl (C=O) groups is 1. The number of rotatable bonds is 4. The van der Waals surface area contributed by atoms with E-state index in [1.807, 2.05) is 24.4 Å². The largest absolute Gasteiger partial charge is 0.322 e. The maximum atomic E-state index is 14.0. The van der Waals surface area contributed by atoms with Gasteiger partial charge in [0.1, 0.15) is 11.5 Å². The third-order valence-corrected chi connectivity index (χ3v) is 4.23. The van der Waals surface area contributed by atoms with Gasteiger partial charge in [0.15, 0.2) is 0 Å². The molecular weight excluding hydrogens is 345 g/mol. The molecule has 1 N–H and O–H groups in total. The van der Waals surface area contributed by atoms with Crippen LogP contribution in [0.25, 0.3) is 11.4 Å². The molecular formula is C20H16FN5O. The summed E-state index contributed by atoms with van der Waals surface area (Å²) in [5.41, 5.74) is 2.79. The van der Waals surface area contributed by atoms with Crippen molar-refractivity contribution in [3.05, 3.63) is 90.3 Å². The maximum absolute atomic E-state index is 14.0. The molecule has 4 rings (SSSR count). The summed E-state index contributed by atoms with van der Waals surface area (Å²) in [7, 11) is 0. The summed E-state index contributed by atoms with van der Waals surface area (Å²) in [5, 5.41) is 11.2. The zero-order chi connectivity index (χ0) is 18.8. The molecule has 0 aliphatic carbocycles. The molecule has 0 atom stereocenters. The number of halogens is 1. The van der Waals surface area contributed by atoms with Gasteiger partial charge < -0.3 is 5.32 Å². The number of hydrogen-bond acceptors (Lipinski definition) is 3. The van der Waals surface area contributed by atoms with Crippen LogP contribution in [0.1, 0.15) is 16.1 Å². The lowest BCUT2D eigenvalue weighted by atomic mass is 10.2. The van der Waals surface area contributed by atoms with Crippen molar-refractivity contribution in [1.82, 2.24) is 19.6 Å². The lowest BCUT2D eigenvalue weighted by Gasteiger charge is -2.08. The number of para-hydroxylation sites is 1. The van der Waals surface area contributed by atoms with Gasteiger partial charge in [-0.15, -0.1) is 0 Å². The normalized spacial score (nSPS) is 10.7. The maximum Gasteiger partial charge on any atom is 0.259 e. The van der Waals surface area contributed by atoms with Crippen molar-refractivity contribution in [3.8, 4) is 11.4 Å². The van der Waals surface area contributed by atoms with E-state index in [0.29, 0.717) is 22.6 Å². The number of hydrogen-bond donors (Lipinski definition) is 1. The van der Waals surface area contributed by atoms with E-state index in [9.17, 15) is 9.18 Å². The Bertz CT molecular complexity index is 1080. The molecule has 0 spiro atoms. The summed E-state index contributed by atoms with van der Waals surface area (Å²) in [6.45, 7) is 1.73. The van der Waals surface area contributed by atoms with Gasteiger partial charge in [0.05, 0.1) is 23.1 Å². The van der Waals surface area contributed by atoms with E-state index in [2.05, 4.69) is 15.5 Å². The highest BCUT2D eigenvalue weighted by Gasteiger charge is 2.17. The lowest BCUT2D eigenvalue weighted by molar-refractivity contribution is 0.102. The van der Waals surface area contributed by atoms with Crippen molar-refractivity contribution in [2.24, 2.45) is 0 Å². The molecule has 0 aliphatic heterocycles. The van der Waals surface area contributed by atoms with E-state index in [0.717, 1.165) is 5.69 Å². The third kappa shape index (κ3) is 3.22. The molecule has 7 heteroatoms. The highest BCUT2D eigenvalue weighted by molar-refractivity contribution is 6.05. The van der Waals surface area contributed by atoms with Crippen LogP contribution in [0.4, 0.5) is 10.1 Å². The van der Waals surface area contributed by atoms with Gasteiger partial charge in [-0.05, 0) is 49.4 Å². The van der Waals surface area contributed by atoms with Crippen LogP contribution in [0.15, 0.2) is 73.2 Å². The zero-order valence-corrected chi connectivity index (χ0v) is 14.5. The topological polar surface area (TPSA) is 64.7 Å². The predicted molar refractivity (Wildman–Crippen MR) is 99.8 cm³/mol. The quantitative estimate of drug-likeness (QED) is 0.602. The minimum Gasteiger partial charge on any atom is -0.322 e. The number of carbonyl (C=O) groups excluding carboxylic acids is 1. The number of benzene rings is 2. The van der Waals surface area contributed by atoms with Crippen LogP contribution in [0.5, 0.6) is 0 Å². The third-order valence-electron chi connectivity index (χ3n) is 4.23. The van der Waals surface area contributed by atoms with Crippen molar-refractivity contribution in [2.45, 2.75) is 6.92 Å². The summed E-state index contributed by atoms with van der Waals surface area (Å²) >= 11 is 0. The van der Waals surface area contributed by atoms with Crippen LogP contribution in [0.3, 0.4) is 0 Å². The summed E-state index contributed by atoms with van der Waals surface area (Å²) in [5.74, 6) is -0.702. The van der Waals surface area contributed by atoms with Gasteiger partial charge in [0.2, 0.25) is 0 Å². The first-order valence-electron chi connectivity index (χ1n) is 8.34. The van der Waals surface area contributed by atoms with Crippen molar-refractivity contribution in [1.29, 1.82) is 0 Å². The van der Waals surface area contributed by atoms with Crippen molar-refractivity contribution in [2.75, 3.05) is 5.32 Å². The molecule has 2 heterocycles. The van der Waals surface area contributed by atoms with E-state index in [-0.39, 0.29) is 5.91 Å². The van der Waals surface area contributed by atoms with E-state index in [1.165, 1.54) is 16.9 Å². The molecule has 0 radical (unpaired) electrons. The molecule has 0 unspecified atom stereocenters. The molecule has 0 saturated carbocycles. The molecule has 27 heavy (non-hydrogen) atoms. The number of aromatic nitrogens is 4. The lowest BCUT2D eigenvalue weighted by Crippen LogP contribution is -2.13. The minimum absolute atomic E-state index is 0.303. The molecule has 4 aromatic rings. The Hall–Kier alpha value is -3.74. The van der Waals surface area contributed by atoms with Gasteiger partial charge in [-0.25, -0.2) is 13.8 Å². The van der Waals surface area contributed by atoms with Crippen LogP contribution in [0, 0.1) is 12.7 Å². The van der Waals surface area contributed by atoms with Crippen LogP contribution < -0.4 is 5.32 Å². The smallest absolute Gasteiger partial charge is 0.259 e. The van der Waals surface area contributed by atoms with Crippen LogP contribution in [0.2, 0.25) is 0 Å². The van der Waals surface area contributed by atoms with Gasteiger partial charge in [-0.1, -0.05) is 12.1 Å². The monoisotopic (exact) mass is 361 g/mol. The summed E-state index contributed by atoms with van der Waals surface area (Å²) in [6, 6.07) is 15.5. The Morgan fingerprint density at radius 3 is 2.52 bits per heavy atom. The average Bonchev–Trinajstić information content (AvgIpc) is 3.33. The average molecular weight is 361 g/mol. The summed E-state index contributed by atoms with van der Waals surface area (Å²) < 4.78 is 17.2. The Morgan fingerprint density at radius 2 is 1.81 bits per heavy atom. The van der Waals surface area contributed by atoms with Crippen LogP contribution in [-0.4, -0.2) is 25.5 Å². The van der Waals surface area contributed by atoms with Gasteiger partial charge >= 0.3 is 0 Å². The summed E-state index contributed by atoms with van der Waals surface area (Å²) in [4.78, 5) is 12.6. The van der Waals surface area contributed by atoms with Gasteiger partial charge in [0.25, 0.3) is 5.91 Å². The van der Waals surface area contributed by atoms with Gasteiger partial charge in [0, 0.05) is 18.1 Å². The molecule has 6 nitrogen and oxygen atoms in total. The van der Waals surface area contributed by atoms with Gasteiger partial charge in [-0.3, -0.25) is 4.79 Å². The van der Waals surface area contributed by atoms with E-state index in [1.54, 1.807) is 48.1 Å². The van der Waals surface area contributed by atoms with E-state index in [4.69, 9.17) is 0 Å². The molecule has 0 fully saturated rings. The first-order valence-corrected chi connectivity index (χ1v) is 8.34. The molecule has 2 aromatic heterocycles. The van der Waals surface area contributed by atoms with Gasteiger partial charge in [-0.2, -0.15) is 10.2 Å². The SMILES string of the molecule is Cc1c(C(=O)Nc2ccc(-n3cccn3)cc2)cnn1-c1ccccc1F. The van der Waals surface area contributed by atoms with Crippen LogP contribution in [-0.2, 0) is 0 Å². The Balaban J connectivity index is 1.55. The number of anilines is 1. The molecule has 0 aliphatic rings. The number of nitrogens with one attached hydrogen (secondary N) is 1. The number of amides is 1. The number of nitrogens with zero attached hydrogens (tertiary/aromatic N) is 4. The predicted octanol–water partition coefficient (Wildman–Crippen LogP) is 3.76. The van der Waals surface area contributed by atoms with Crippen LogP contribution >= 0.6 is 0 Å². The second-order valence-electron chi connectivity index (χ2n) is 5.96. The fraction of sp³-hybridized carbons (Fsp3) is 0.0500. The van der Waals surface area contributed by atoms with Crippen molar-refractivity contribution < 1.29 is 9.18 Å². The standard InChI is InChI=1S/C20H16FN5O/c1-14-17(13-23-26(14)19-6-3-2-5-18(19)21)20(27)24-15-7-9-16(10-8-15)25-12-4-11-22-25/h2-13H,1H3,(H,24,27). The Morgan fingerprint density at radius 1 is 1.04 bits per heavy atom. The Labute approximate surface area is 154 Å². The van der Waals surface area contributed by atoms with E-state index >= 15 is 0 Å². The highest BCUT2D eigenvalue weighted by Crippen LogP contribution is 2.19. The molecule has 0 saturated heterocycles. The first-order chi connectivity index (χ1) is 13.1. The molecule has 0 bridgehead atoms. The highest BCUT2D eigenvalue weighted by atomic mass is 19.1. The fourth-order valence-corrected chi connectivity index (χ4v) is 2.82. The first kappa shape index (κ1) is 16.7. The minimum atomic E-state index is -0.398. The van der Waals surface area contributed by atoms with Crippen molar-refractivity contribution in [3.63, 3.8) is 0 Å². The van der Waals surface area contributed by atoms with E-state index < -0.39 is 5.82 Å². The fourth-order valence-electron chi connectivity index (χ4n) is 2.82. The summed E-state index contributed by atoms with van der Waals surface area (Å²) in [6.07, 6.45) is 4.98. The molecule has 2 aromatic carbocycles. The second-order valence-corrected chi connectivity index (χ2v) is 5.96. The Kier molecular flexibility index (Phi) is 4.25. The zero-order valence-electron chi connectivity index (χ0n) is 14.5.